The summed E-state index contributed by atoms with van der Waals surface area (Å²) in [6.45, 7) is 0. The first-order valence-electron chi connectivity index (χ1n) is 4.67. The fraction of sp³-hybridized carbons (Fsp3) is 0. The minimum atomic E-state index is -0.234. The molecule has 0 saturated carbocycles. The third-order valence-corrected chi connectivity index (χ3v) is 1.97. The Labute approximate surface area is 92.3 Å². The maximum absolute atomic E-state index is 11.7. The van der Waals surface area contributed by atoms with Crippen molar-refractivity contribution >= 4 is 17.3 Å². The number of nitrogens with zero attached hydrogens (tertiary/aromatic N) is 2. The molecule has 0 radical (unpaired) electrons. The third kappa shape index (κ3) is 2.33. The Bertz CT molecular complexity index is 498. The van der Waals surface area contributed by atoms with Gasteiger partial charge >= 0.3 is 0 Å². The van der Waals surface area contributed by atoms with E-state index in [0.29, 0.717) is 16.9 Å². The quantitative estimate of drug-likeness (QED) is 0.738. The van der Waals surface area contributed by atoms with Gasteiger partial charge in [-0.25, -0.2) is 9.97 Å². The zero-order valence-corrected chi connectivity index (χ0v) is 8.42. The minimum Gasteiger partial charge on any atom is -0.399 e. The zero-order chi connectivity index (χ0) is 11.4. The Morgan fingerprint density at radius 1 is 1.25 bits per heavy atom. The van der Waals surface area contributed by atoms with Crippen molar-refractivity contribution in [3.05, 3.63) is 48.5 Å². The highest BCUT2D eigenvalue weighted by Crippen LogP contribution is 2.09. The molecule has 0 spiro atoms. The standard InChI is InChI=1S/C11H10N4O/c12-9-3-1-2-8(4-9)11(16)15-10-5-13-7-14-6-10/h1-7H,12H2,(H,15,16). The van der Waals surface area contributed by atoms with Crippen molar-refractivity contribution in [2.45, 2.75) is 0 Å². The molecule has 0 aliphatic carbocycles. The lowest BCUT2D eigenvalue weighted by atomic mass is 10.2. The fourth-order valence-electron chi connectivity index (χ4n) is 1.25. The molecule has 0 aliphatic rings. The third-order valence-electron chi connectivity index (χ3n) is 1.97. The summed E-state index contributed by atoms with van der Waals surface area (Å²) >= 11 is 0. The SMILES string of the molecule is Nc1cccc(C(=O)Nc2cncnc2)c1. The number of nitrogen functional groups attached to an aromatic ring is 1. The summed E-state index contributed by atoms with van der Waals surface area (Å²) in [4.78, 5) is 19.3. The molecular formula is C11H10N4O. The molecule has 5 heteroatoms. The highest BCUT2D eigenvalue weighted by molar-refractivity contribution is 6.04. The highest BCUT2D eigenvalue weighted by Gasteiger charge is 2.05. The number of benzene rings is 1. The Balaban J connectivity index is 2.15. The van der Waals surface area contributed by atoms with E-state index >= 15 is 0 Å². The average molecular weight is 214 g/mol. The van der Waals surface area contributed by atoms with E-state index in [0.717, 1.165) is 0 Å². The first kappa shape index (κ1) is 10.1. The number of hydrogen-bond acceptors (Lipinski definition) is 4. The van der Waals surface area contributed by atoms with Crippen LogP contribution in [0.3, 0.4) is 0 Å². The zero-order valence-electron chi connectivity index (χ0n) is 8.42. The number of hydrogen-bond donors (Lipinski definition) is 2. The van der Waals surface area contributed by atoms with Gasteiger partial charge in [0, 0.05) is 11.3 Å². The van der Waals surface area contributed by atoms with E-state index in [4.69, 9.17) is 5.73 Å². The smallest absolute Gasteiger partial charge is 0.255 e. The van der Waals surface area contributed by atoms with E-state index in [9.17, 15) is 4.79 Å². The molecule has 0 atom stereocenters. The van der Waals surface area contributed by atoms with E-state index in [1.807, 2.05) is 0 Å². The topological polar surface area (TPSA) is 80.9 Å². The monoisotopic (exact) mass is 214 g/mol. The molecule has 0 bridgehead atoms. The van der Waals surface area contributed by atoms with Crippen LogP contribution in [0.5, 0.6) is 0 Å². The van der Waals surface area contributed by atoms with E-state index in [2.05, 4.69) is 15.3 Å². The van der Waals surface area contributed by atoms with Gasteiger partial charge in [-0.15, -0.1) is 0 Å². The fourth-order valence-corrected chi connectivity index (χ4v) is 1.25. The maximum atomic E-state index is 11.7. The van der Waals surface area contributed by atoms with Crippen LogP contribution in [0.25, 0.3) is 0 Å². The molecule has 3 N–H and O–H groups in total. The first-order chi connectivity index (χ1) is 7.75. The number of nitrogens with two attached hydrogens (primary N) is 1. The summed E-state index contributed by atoms with van der Waals surface area (Å²) in [6.07, 6.45) is 4.45. The molecule has 2 aromatic rings. The van der Waals surface area contributed by atoms with Gasteiger partial charge < -0.3 is 11.1 Å². The number of anilines is 2. The molecule has 1 aromatic carbocycles. The molecule has 0 aliphatic heterocycles. The Morgan fingerprint density at radius 3 is 2.69 bits per heavy atom. The number of aromatic nitrogens is 2. The van der Waals surface area contributed by atoms with Crippen LogP contribution in [-0.2, 0) is 0 Å². The van der Waals surface area contributed by atoms with Crippen LogP contribution < -0.4 is 11.1 Å². The van der Waals surface area contributed by atoms with Crippen LogP contribution in [0.15, 0.2) is 43.0 Å². The number of rotatable bonds is 2. The van der Waals surface area contributed by atoms with E-state index in [1.54, 1.807) is 24.3 Å². The van der Waals surface area contributed by atoms with Gasteiger partial charge in [-0.1, -0.05) is 6.07 Å². The van der Waals surface area contributed by atoms with E-state index in [1.165, 1.54) is 18.7 Å². The second-order valence-electron chi connectivity index (χ2n) is 3.21. The lowest BCUT2D eigenvalue weighted by molar-refractivity contribution is 0.102. The Hall–Kier alpha value is -2.43. The van der Waals surface area contributed by atoms with Crippen molar-refractivity contribution in [3.8, 4) is 0 Å². The van der Waals surface area contributed by atoms with Crippen LogP contribution in [0.4, 0.5) is 11.4 Å². The van der Waals surface area contributed by atoms with E-state index < -0.39 is 0 Å². The van der Waals surface area contributed by atoms with Crippen LogP contribution >= 0.6 is 0 Å². The Kier molecular flexibility index (Phi) is 2.77. The maximum Gasteiger partial charge on any atom is 0.255 e. The molecule has 5 nitrogen and oxygen atoms in total. The summed E-state index contributed by atoms with van der Waals surface area (Å²) < 4.78 is 0. The first-order valence-corrected chi connectivity index (χ1v) is 4.67. The van der Waals surface area contributed by atoms with Crippen molar-refractivity contribution in [1.29, 1.82) is 0 Å². The summed E-state index contributed by atoms with van der Waals surface area (Å²) in [6, 6.07) is 6.75. The lowest BCUT2D eigenvalue weighted by Gasteiger charge is -2.04. The largest absolute Gasteiger partial charge is 0.399 e. The van der Waals surface area contributed by atoms with Gasteiger partial charge in [0.05, 0.1) is 18.1 Å². The summed E-state index contributed by atoms with van der Waals surface area (Å²) in [5.74, 6) is -0.234. The van der Waals surface area contributed by atoms with Crippen LogP contribution in [0, 0.1) is 0 Å². The molecule has 0 fully saturated rings. The van der Waals surface area contributed by atoms with Crippen molar-refractivity contribution < 1.29 is 4.79 Å². The Morgan fingerprint density at radius 2 is 2.00 bits per heavy atom. The normalized spacial score (nSPS) is 9.75. The van der Waals surface area contributed by atoms with Gasteiger partial charge in [-0.3, -0.25) is 4.79 Å². The number of carbonyl (C=O) groups is 1. The average Bonchev–Trinajstić information content (AvgIpc) is 2.30. The number of amides is 1. The molecule has 1 heterocycles. The second-order valence-corrected chi connectivity index (χ2v) is 3.21. The van der Waals surface area contributed by atoms with Gasteiger partial charge in [0.2, 0.25) is 0 Å². The van der Waals surface area contributed by atoms with Crippen molar-refractivity contribution in [3.63, 3.8) is 0 Å². The molecule has 1 aromatic heterocycles. The molecule has 16 heavy (non-hydrogen) atoms. The van der Waals surface area contributed by atoms with Crippen LogP contribution in [0.2, 0.25) is 0 Å². The molecule has 0 saturated heterocycles. The van der Waals surface area contributed by atoms with Crippen LogP contribution in [0.1, 0.15) is 10.4 Å². The number of nitrogens with one attached hydrogen (secondary N) is 1. The van der Waals surface area contributed by atoms with E-state index in [-0.39, 0.29) is 5.91 Å². The van der Waals surface area contributed by atoms with Crippen LogP contribution in [-0.4, -0.2) is 15.9 Å². The second kappa shape index (κ2) is 4.39. The predicted octanol–water partition coefficient (Wildman–Crippen LogP) is 1.31. The molecule has 1 amide bonds. The highest BCUT2D eigenvalue weighted by atomic mass is 16.1. The predicted molar refractivity (Wildman–Crippen MR) is 60.8 cm³/mol. The van der Waals surface area contributed by atoms with Crippen molar-refractivity contribution in [2.75, 3.05) is 11.1 Å². The summed E-state index contributed by atoms with van der Waals surface area (Å²) in [5, 5.41) is 2.67. The van der Waals surface area contributed by atoms with Gasteiger partial charge in [-0.05, 0) is 18.2 Å². The lowest BCUT2D eigenvalue weighted by Crippen LogP contribution is -2.12. The molecule has 0 unspecified atom stereocenters. The molecular weight excluding hydrogens is 204 g/mol. The molecule has 2 rings (SSSR count). The molecule has 80 valence electrons. The van der Waals surface area contributed by atoms with Gasteiger partial charge in [0.15, 0.2) is 0 Å². The van der Waals surface area contributed by atoms with Gasteiger partial charge in [0.1, 0.15) is 6.33 Å². The number of carbonyl (C=O) groups excluding carboxylic acids is 1. The van der Waals surface area contributed by atoms with Crippen molar-refractivity contribution in [1.82, 2.24) is 9.97 Å². The summed E-state index contributed by atoms with van der Waals surface area (Å²) in [5.41, 5.74) is 7.19. The minimum absolute atomic E-state index is 0.234. The summed E-state index contributed by atoms with van der Waals surface area (Å²) in [7, 11) is 0. The van der Waals surface area contributed by atoms with Gasteiger partial charge in [0.25, 0.3) is 5.91 Å². The van der Waals surface area contributed by atoms with Crippen molar-refractivity contribution in [2.24, 2.45) is 0 Å². The van der Waals surface area contributed by atoms with Gasteiger partial charge in [-0.2, -0.15) is 0 Å².